The van der Waals surface area contributed by atoms with Gasteiger partial charge in [-0.15, -0.1) is 0 Å². The predicted octanol–water partition coefficient (Wildman–Crippen LogP) is 0.709. The third kappa shape index (κ3) is 3.52. The summed E-state index contributed by atoms with van der Waals surface area (Å²) in [5, 5.41) is 0. The molecule has 0 aliphatic carbocycles. The molecule has 10 heteroatoms. The van der Waals surface area contributed by atoms with Crippen molar-refractivity contribution in [3.63, 3.8) is 0 Å². The predicted molar refractivity (Wildman–Crippen MR) is 84.3 cm³/mol. The Hall–Kier alpha value is -1.46. The molecule has 2 unspecified atom stereocenters. The van der Waals surface area contributed by atoms with E-state index in [1.165, 1.54) is 0 Å². The number of carbonyl (C=O) groups excluding carboxylic acids is 2. The largest absolute Gasteiger partial charge is 0.508 e. The lowest BCUT2D eigenvalue weighted by atomic mass is 9.92. The van der Waals surface area contributed by atoms with Crippen LogP contribution in [0.1, 0.15) is 27.7 Å². The van der Waals surface area contributed by atoms with Gasteiger partial charge in [-0.25, -0.2) is 4.79 Å². The van der Waals surface area contributed by atoms with Gasteiger partial charge in [-0.3, -0.25) is 4.79 Å². The fourth-order valence-corrected chi connectivity index (χ4v) is 3.57. The van der Waals surface area contributed by atoms with Crippen molar-refractivity contribution >= 4 is 12.1 Å². The van der Waals surface area contributed by atoms with Crippen LogP contribution in [0, 0.1) is 5.41 Å². The molecule has 4 fully saturated rings. The molecule has 4 heterocycles. The monoisotopic (exact) mass is 388 g/mol. The van der Waals surface area contributed by atoms with Crippen LogP contribution < -0.4 is 0 Å². The first-order chi connectivity index (χ1) is 12.7. The summed E-state index contributed by atoms with van der Waals surface area (Å²) in [6.45, 7) is 6.96. The van der Waals surface area contributed by atoms with Gasteiger partial charge >= 0.3 is 12.1 Å². The van der Waals surface area contributed by atoms with Crippen LogP contribution in [0.4, 0.5) is 4.79 Å². The van der Waals surface area contributed by atoms with Gasteiger partial charge in [0, 0.05) is 0 Å². The summed E-state index contributed by atoms with van der Waals surface area (Å²) in [6, 6.07) is 0. The maximum atomic E-state index is 12.8. The van der Waals surface area contributed by atoms with E-state index in [4.69, 9.17) is 37.9 Å². The summed E-state index contributed by atoms with van der Waals surface area (Å²) < 4.78 is 44.2. The Kier molecular flexibility index (Phi) is 4.59. The van der Waals surface area contributed by atoms with Crippen molar-refractivity contribution in [1.29, 1.82) is 0 Å². The lowest BCUT2D eigenvalue weighted by Gasteiger charge is -2.33. The van der Waals surface area contributed by atoms with Gasteiger partial charge in [0.05, 0.1) is 6.61 Å². The van der Waals surface area contributed by atoms with Crippen molar-refractivity contribution in [2.75, 3.05) is 19.8 Å². The molecule has 27 heavy (non-hydrogen) atoms. The molecule has 0 bridgehead atoms. The molecule has 0 aromatic rings. The fraction of sp³-hybridized carbons (Fsp3) is 0.882. The Morgan fingerprint density at radius 1 is 1.07 bits per heavy atom. The van der Waals surface area contributed by atoms with Crippen LogP contribution in [0.25, 0.3) is 0 Å². The SMILES string of the molecule is CC1OCC([C@H]2O[C@@H]3OC(C)(C)O[C@@H]3[C@H]2OC(=O)C2(C)COC(=O)OC2)O1. The molecule has 0 aromatic carbocycles. The minimum absolute atomic E-state index is 0.125. The quantitative estimate of drug-likeness (QED) is 0.641. The minimum Gasteiger partial charge on any atom is -0.456 e. The van der Waals surface area contributed by atoms with Crippen molar-refractivity contribution in [2.24, 2.45) is 5.41 Å². The van der Waals surface area contributed by atoms with Gasteiger partial charge in [-0.05, 0) is 27.7 Å². The highest BCUT2D eigenvalue weighted by atomic mass is 16.8. The first-order valence-corrected chi connectivity index (χ1v) is 8.96. The molecule has 10 nitrogen and oxygen atoms in total. The Balaban J connectivity index is 1.51. The summed E-state index contributed by atoms with van der Waals surface area (Å²) in [6.07, 6.45) is -4.27. The zero-order valence-electron chi connectivity index (χ0n) is 15.7. The highest BCUT2D eigenvalue weighted by Gasteiger charge is 2.60. The summed E-state index contributed by atoms with van der Waals surface area (Å²) in [4.78, 5) is 24.0. The molecule has 4 aliphatic heterocycles. The number of hydrogen-bond acceptors (Lipinski definition) is 10. The van der Waals surface area contributed by atoms with E-state index in [-0.39, 0.29) is 19.5 Å². The number of cyclic esters (lactones) is 2. The Morgan fingerprint density at radius 3 is 2.41 bits per heavy atom. The van der Waals surface area contributed by atoms with E-state index in [2.05, 4.69) is 0 Å². The third-order valence-electron chi connectivity index (χ3n) is 5.01. The summed E-state index contributed by atoms with van der Waals surface area (Å²) in [5.41, 5.74) is -1.12. The van der Waals surface area contributed by atoms with Gasteiger partial charge in [0.15, 0.2) is 30.6 Å². The van der Waals surface area contributed by atoms with Gasteiger partial charge in [0.1, 0.15) is 30.8 Å². The maximum Gasteiger partial charge on any atom is 0.508 e. The fourth-order valence-electron chi connectivity index (χ4n) is 3.57. The molecule has 152 valence electrons. The lowest BCUT2D eigenvalue weighted by Crippen LogP contribution is -2.50. The van der Waals surface area contributed by atoms with Gasteiger partial charge in [-0.2, -0.15) is 0 Å². The van der Waals surface area contributed by atoms with Crippen LogP contribution in [0.3, 0.4) is 0 Å². The highest BCUT2D eigenvalue weighted by molar-refractivity contribution is 5.78. The molecule has 0 aromatic heterocycles. The van der Waals surface area contributed by atoms with E-state index in [1.54, 1.807) is 27.7 Å². The number of esters is 1. The van der Waals surface area contributed by atoms with Crippen LogP contribution in [0.2, 0.25) is 0 Å². The van der Waals surface area contributed by atoms with E-state index in [0.29, 0.717) is 6.61 Å². The molecule has 0 saturated carbocycles. The molecule has 0 N–H and O–H groups in total. The molecular formula is C17H24O10. The number of carbonyl (C=O) groups is 2. The second-order valence-corrected chi connectivity index (χ2v) is 7.90. The van der Waals surface area contributed by atoms with E-state index in [1.807, 2.05) is 0 Å². The number of ether oxygens (including phenoxy) is 8. The van der Waals surface area contributed by atoms with Crippen LogP contribution in [0.15, 0.2) is 0 Å². The smallest absolute Gasteiger partial charge is 0.456 e. The van der Waals surface area contributed by atoms with Crippen LogP contribution in [-0.4, -0.2) is 74.7 Å². The molecule has 0 spiro atoms. The average Bonchev–Trinajstić information content (AvgIpc) is 3.24. The Morgan fingerprint density at radius 2 is 1.78 bits per heavy atom. The first-order valence-electron chi connectivity index (χ1n) is 8.96. The summed E-state index contributed by atoms with van der Waals surface area (Å²) in [7, 11) is 0. The van der Waals surface area contributed by atoms with Crippen molar-refractivity contribution < 1.29 is 47.5 Å². The normalized spacial score (nSPS) is 42.3. The lowest BCUT2D eigenvalue weighted by molar-refractivity contribution is -0.233. The Labute approximate surface area is 156 Å². The second-order valence-electron chi connectivity index (χ2n) is 7.90. The zero-order valence-corrected chi connectivity index (χ0v) is 15.7. The first kappa shape index (κ1) is 18.9. The van der Waals surface area contributed by atoms with Gasteiger partial charge < -0.3 is 37.9 Å². The summed E-state index contributed by atoms with van der Waals surface area (Å²) in [5.74, 6) is -1.44. The number of hydrogen-bond donors (Lipinski definition) is 0. The van der Waals surface area contributed by atoms with Gasteiger partial charge in [0.25, 0.3) is 0 Å². The molecular weight excluding hydrogens is 364 g/mol. The van der Waals surface area contributed by atoms with E-state index < -0.39 is 54.0 Å². The van der Waals surface area contributed by atoms with Crippen molar-refractivity contribution in [3.05, 3.63) is 0 Å². The van der Waals surface area contributed by atoms with Gasteiger partial charge in [0.2, 0.25) is 0 Å². The zero-order chi connectivity index (χ0) is 19.4. The standard InChI is InChI=1S/C17H24O10/c1-8-20-5-9(23-8)10-11(12-13(24-10)27-16(2,3)26-12)25-14(18)17(4)6-21-15(19)22-7-17/h8-13H,5-7H2,1-4H3/t8?,9?,10-,11+,12-,13-/m1/s1. The minimum atomic E-state index is -1.12. The third-order valence-corrected chi connectivity index (χ3v) is 5.01. The topological polar surface area (TPSA) is 108 Å². The summed E-state index contributed by atoms with van der Waals surface area (Å²) >= 11 is 0. The van der Waals surface area contributed by atoms with Crippen molar-refractivity contribution in [3.8, 4) is 0 Å². The van der Waals surface area contributed by atoms with Crippen LogP contribution >= 0.6 is 0 Å². The average molecular weight is 388 g/mol. The van der Waals surface area contributed by atoms with Gasteiger partial charge in [-0.1, -0.05) is 0 Å². The molecule has 4 rings (SSSR count). The molecule has 6 atom stereocenters. The van der Waals surface area contributed by atoms with Crippen molar-refractivity contribution in [2.45, 2.75) is 70.5 Å². The van der Waals surface area contributed by atoms with E-state index >= 15 is 0 Å². The van der Waals surface area contributed by atoms with E-state index in [0.717, 1.165) is 0 Å². The van der Waals surface area contributed by atoms with E-state index in [9.17, 15) is 9.59 Å². The molecule has 0 amide bonds. The second kappa shape index (κ2) is 6.56. The number of rotatable bonds is 3. The van der Waals surface area contributed by atoms with Crippen molar-refractivity contribution in [1.82, 2.24) is 0 Å². The molecule has 0 radical (unpaired) electrons. The highest BCUT2D eigenvalue weighted by Crippen LogP contribution is 2.41. The maximum absolute atomic E-state index is 12.8. The Bertz CT molecular complexity index is 609. The van der Waals surface area contributed by atoms with Crippen LogP contribution in [-0.2, 0) is 42.7 Å². The molecule has 4 saturated heterocycles. The molecule has 4 aliphatic rings. The number of fused-ring (bicyclic) bond motifs is 1. The van der Waals surface area contributed by atoms with Crippen LogP contribution in [0.5, 0.6) is 0 Å².